The van der Waals surface area contributed by atoms with Gasteiger partial charge in [-0.05, 0) is 38.0 Å². The number of aromatic hydroxyl groups is 1. The summed E-state index contributed by atoms with van der Waals surface area (Å²) < 4.78 is 0. The molecule has 8 nitrogen and oxygen atoms in total. The van der Waals surface area contributed by atoms with E-state index in [-0.39, 0.29) is 30.2 Å². The van der Waals surface area contributed by atoms with Crippen molar-refractivity contribution in [2.75, 3.05) is 6.54 Å². The zero-order chi connectivity index (χ0) is 21.6. The van der Waals surface area contributed by atoms with Crippen LogP contribution in [0.3, 0.4) is 0 Å². The van der Waals surface area contributed by atoms with Gasteiger partial charge in [0.25, 0.3) is 5.91 Å². The highest BCUT2D eigenvalue weighted by molar-refractivity contribution is 6.06. The number of para-hydroxylation sites is 1. The second-order valence-electron chi connectivity index (χ2n) is 8.50. The number of phenolic OH excluding ortho intramolecular Hbond substituents is 1. The van der Waals surface area contributed by atoms with Crippen molar-refractivity contribution in [2.24, 2.45) is 5.92 Å². The largest absolute Gasteiger partial charge is 0.505 e. The number of nitrogens with zero attached hydrogens (tertiary/aromatic N) is 5. The topological polar surface area (TPSA) is 91.6 Å². The Hall–Kier alpha value is -3.42. The van der Waals surface area contributed by atoms with E-state index < -0.39 is 5.54 Å². The highest BCUT2D eigenvalue weighted by Gasteiger charge is 2.51. The second-order valence-corrected chi connectivity index (χ2v) is 8.50. The molecule has 4 rings (SSSR count). The van der Waals surface area contributed by atoms with E-state index in [0.717, 1.165) is 0 Å². The minimum absolute atomic E-state index is 0.0174. The molecule has 0 saturated carbocycles. The SMILES string of the molecule is CC(C)CN1C(=O)N(Cc2cccc(-n3nc4ccccc4n3)c2O)C(C)(C)C1=O. The Kier molecular flexibility index (Phi) is 4.72. The molecule has 8 heteroatoms. The third kappa shape index (κ3) is 3.18. The summed E-state index contributed by atoms with van der Waals surface area (Å²) >= 11 is 0. The lowest BCUT2D eigenvalue weighted by molar-refractivity contribution is -0.132. The Labute approximate surface area is 174 Å². The van der Waals surface area contributed by atoms with Gasteiger partial charge < -0.3 is 10.0 Å². The van der Waals surface area contributed by atoms with E-state index in [0.29, 0.717) is 28.8 Å². The van der Waals surface area contributed by atoms with Gasteiger partial charge in [-0.2, -0.15) is 0 Å². The molecule has 1 aromatic heterocycles. The lowest BCUT2D eigenvalue weighted by Crippen LogP contribution is -2.43. The second kappa shape index (κ2) is 7.12. The third-order valence-corrected chi connectivity index (χ3v) is 5.38. The Morgan fingerprint density at radius 2 is 1.63 bits per heavy atom. The summed E-state index contributed by atoms with van der Waals surface area (Å²) in [7, 11) is 0. The van der Waals surface area contributed by atoms with Gasteiger partial charge in [-0.3, -0.25) is 9.69 Å². The number of hydrogen-bond donors (Lipinski definition) is 1. The summed E-state index contributed by atoms with van der Waals surface area (Å²) in [6.45, 7) is 7.87. The Morgan fingerprint density at radius 1 is 1.00 bits per heavy atom. The molecule has 0 atom stereocenters. The van der Waals surface area contributed by atoms with Crippen LogP contribution in [-0.4, -0.2) is 53.9 Å². The van der Waals surface area contributed by atoms with Crippen LogP contribution in [0.2, 0.25) is 0 Å². The number of aromatic nitrogens is 3. The van der Waals surface area contributed by atoms with Gasteiger partial charge in [-0.25, -0.2) is 4.79 Å². The van der Waals surface area contributed by atoms with Crippen LogP contribution in [0.15, 0.2) is 42.5 Å². The first-order valence-electron chi connectivity index (χ1n) is 9.97. The number of rotatable bonds is 5. The molecule has 2 heterocycles. The van der Waals surface area contributed by atoms with E-state index in [1.807, 2.05) is 38.1 Å². The standard InChI is InChI=1S/C22H25N5O3/c1-14(2)12-25-20(29)22(3,4)26(21(25)30)13-15-8-7-11-18(19(15)28)27-23-16-9-5-6-10-17(16)24-27/h5-11,14,28H,12-13H2,1-4H3. The molecule has 30 heavy (non-hydrogen) atoms. The number of phenols is 1. The fraction of sp³-hybridized carbons (Fsp3) is 0.364. The van der Waals surface area contributed by atoms with Crippen molar-refractivity contribution in [1.29, 1.82) is 0 Å². The molecule has 3 amide bonds. The predicted octanol–water partition coefficient (Wildman–Crippen LogP) is 3.32. The molecule has 2 aromatic carbocycles. The van der Waals surface area contributed by atoms with Crippen molar-refractivity contribution in [1.82, 2.24) is 24.8 Å². The number of fused-ring (bicyclic) bond motifs is 1. The molecule has 1 aliphatic rings. The minimum Gasteiger partial charge on any atom is -0.505 e. The molecule has 0 radical (unpaired) electrons. The summed E-state index contributed by atoms with van der Waals surface area (Å²) in [6, 6.07) is 12.3. The molecule has 1 fully saturated rings. The van der Waals surface area contributed by atoms with Gasteiger partial charge in [-0.15, -0.1) is 15.0 Å². The van der Waals surface area contributed by atoms with E-state index in [2.05, 4.69) is 10.2 Å². The van der Waals surface area contributed by atoms with Crippen LogP contribution in [0.1, 0.15) is 33.3 Å². The lowest BCUT2D eigenvalue weighted by Gasteiger charge is -2.28. The lowest BCUT2D eigenvalue weighted by atomic mass is 10.0. The average Bonchev–Trinajstić information content (AvgIpc) is 3.19. The summed E-state index contributed by atoms with van der Waals surface area (Å²) in [5.74, 6) is -0.0709. The highest BCUT2D eigenvalue weighted by atomic mass is 16.3. The number of imide groups is 1. The molecular formula is C22H25N5O3. The number of benzene rings is 2. The first-order chi connectivity index (χ1) is 14.2. The molecule has 0 bridgehead atoms. The van der Waals surface area contributed by atoms with Crippen molar-refractivity contribution in [3.05, 3.63) is 48.0 Å². The fourth-order valence-corrected chi connectivity index (χ4v) is 3.71. The van der Waals surface area contributed by atoms with Crippen molar-refractivity contribution >= 4 is 23.0 Å². The van der Waals surface area contributed by atoms with Gasteiger partial charge >= 0.3 is 6.03 Å². The molecule has 1 aliphatic heterocycles. The van der Waals surface area contributed by atoms with Crippen LogP contribution in [0, 0.1) is 5.92 Å². The molecular weight excluding hydrogens is 382 g/mol. The molecule has 3 aromatic rings. The summed E-state index contributed by atoms with van der Waals surface area (Å²) in [5.41, 5.74) is 1.38. The first-order valence-corrected chi connectivity index (χ1v) is 9.97. The zero-order valence-electron chi connectivity index (χ0n) is 17.5. The predicted molar refractivity (Wildman–Crippen MR) is 112 cm³/mol. The zero-order valence-corrected chi connectivity index (χ0v) is 17.5. The Balaban J connectivity index is 1.68. The molecule has 0 unspecified atom stereocenters. The van der Waals surface area contributed by atoms with Crippen LogP contribution in [0.5, 0.6) is 5.75 Å². The van der Waals surface area contributed by atoms with Crippen LogP contribution in [0.25, 0.3) is 16.7 Å². The molecule has 0 aliphatic carbocycles. The van der Waals surface area contributed by atoms with Gasteiger partial charge in [0.1, 0.15) is 28.0 Å². The van der Waals surface area contributed by atoms with E-state index in [1.54, 1.807) is 32.0 Å². The van der Waals surface area contributed by atoms with E-state index in [4.69, 9.17) is 0 Å². The number of carbonyl (C=O) groups is 2. The summed E-state index contributed by atoms with van der Waals surface area (Å²) in [6.07, 6.45) is 0. The number of carbonyl (C=O) groups excluding carboxylic acids is 2. The van der Waals surface area contributed by atoms with Crippen LogP contribution >= 0.6 is 0 Å². The van der Waals surface area contributed by atoms with E-state index >= 15 is 0 Å². The smallest absolute Gasteiger partial charge is 0.327 e. The first kappa shape index (κ1) is 19.9. The van der Waals surface area contributed by atoms with Crippen LogP contribution in [0.4, 0.5) is 4.79 Å². The normalized spacial score (nSPS) is 16.3. The van der Waals surface area contributed by atoms with Gasteiger partial charge in [0.15, 0.2) is 0 Å². The number of urea groups is 1. The molecule has 1 N–H and O–H groups in total. The van der Waals surface area contributed by atoms with E-state index in [9.17, 15) is 14.7 Å². The maximum absolute atomic E-state index is 13.0. The van der Waals surface area contributed by atoms with Gasteiger partial charge in [0, 0.05) is 12.1 Å². The minimum atomic E-state index is -0.993. The summed E-state index contributed by atoms with van der Waals surface area (Å²) in [4.78, 5) is 30.0. The Bertz CT molecular complexity index is 1100. The van der Waals surface area contributed by atoms with Gasteiger partial charge in [0.2, 0.25) is 0 Å². The average molecular weight is 407 g/mol. The Morgan fingerprint density at radius 3 is 2.23 bits per heavy atom. The van der Waals surface area contributed by atoms with Gasteiger partial charge in [0.05, 0.1) is 6.54 Å². The van der Waals surface area contributed by atoms with Crippen LogP contribution in [-0.2, 0) is 11.3 Å². The van der Waals surface area contributed by atoms with Crippen molar-refractivity contribution in [3.8, 4) is 11.4 Å². The molecule has 0 spiro atoms. The van der Waals surface area contributed by atoms with Crippen LogP contribution < -0.4 is 0 Å². The third-order valence-electron chi connectivity index (χ3n) is 5.38. The van der Waals surface area contributed by atoms with Crippen molar-refractivity contribution in [3.63, 3.8) is 0 Å². The monoisotopic (exact) mass is 407 g/mol. The van der Waals surface area contributed by atoms with Gasteiger partial charge in [-0.1, -0.05) is 38.1 Å². The fourth-order valence-electron chi connectivity index (χ4n) is 3.71. The number of amides is 3. The maximum atomic E-state index is 13.0. The quantitative estimate of drug-likeness (QED) is 0.655. The number of hydrogen-bond acceptors (Lipinski definition) is 5. The van der Waals surface area contributed by atoms with Crippen molar-refractivity contribution < 1.29 is 14.7 Å². The summed E-state index contributed by atoms with van der Waals surface area (Å²) in [5, 5.41) is 19.8. The highest BCUT2D eigenvalue weighted by Crippen LogP contribution is 2.33. The maximum Gasteiger partial charge on any atom is 0.327 e. The van der Waals surface area contributed by atoms with E-state index in [1.165, 1.54) is 14.6 Å². The molecule has 156 valence electrons. The van der Waals surface area contributed by atoms with Crippen molar-refractivity contribution in [2.45, 2.75) is 39.8 Å². The molecule has 1 saturated heterocycles.